The predicted molar refractivity (Wildman–Crippen MR) is 149 cm³/mol. The Hall–Kier alpha value is -3.41. The number of alkyl halides is 3. The summed E-state index contributed by atoms with van der Waals surface area (Å²) in [6.45, 7) is 0. The molecule has 2 aliphatic carbocycles. The third-order valence-corrected chi connectivity index (χ3v) is 10.6. The second kappa shape index (κ2) is 9.30. The van der Waals surface area contributed by atoms with Crippen molar-refractivity contribution in [2.45, 2.75) is 28.5 Å². The van der Waals surface area contributed by atoms with Crippen LogP contribution in [0.25, 0.3) is 0 Å². The molecule has 4 amide bonds. The number of phenols is 2. The van der Waals surface area contributed by atoms with Gasteiger partial charge in [-0.3, -0.25) is 24.1 Å². The molecule has 3 N–H and O–H groups in total. The van der Waals surface area contributed by atoms with E-state index >= 15 is 0 Å². The average Bonchev–Trinajstić information content (AvgIpc) is 3.27. The number of likely N-dealkylation sites (tertiary alicyclic amines) is 1. The zero-order valence-electron chi connectivity index (χ0n) is 21.0. The van der Waals surface area contributed by atoms with Crippen LogP contribution in [0.5, 0.6) is 11.5 Å². The molecular weight excluding hydrogens is 643 g/mol. The molecule has 6 rings (SSSR count). The van der Waals surface area contributed by atoms with Gasteiger partial charge in [0, 0.05) is 17.5 Å². The number of halogens is 3. The highest BCUT2D eigenvalue weighted by Gasteiger charge is 2.76. The van der Waals surface area contributed by atoms with Crippen molar-refractivity contribution in [3.05, 3.63) is 65.2 Å². The zero-order chi connectivity index (χ0) is 29.6. The maximum atomic E-state index is 14.0. The number of benzene rings is 2. The third-order valence-electron chi connectivity index (χ3n) is 8.73. The van der Waals surface area contributed by atoms with Crippen molar-refractivity contribution in [1.82, 2.24) is 4.90 Å². The van der Waals surface area contributed by atoms with Gasteiger partial charge in [-0.25, -0.2) is 9.69 Å². The fraction of sp³-hybridized carbons (Fsp3) is 0.321. The number of anilines is 1. The second-order valence-corrected chi connectivity index (χ2v) is 12.3. The molecule has 1 saturated carbocycles. The summed E-state index contributed by atoms with van der Waals surface area (Å²) < 4.78 is 0. The maximum Gasteiger partial charge on any atom is 0.339 e. The van der Waals surface area contributed by atoms with Gasteiger partial charge in [-0.1, -0.05) is 45.8 Å². The van der Waals surface area contributed by atoms with Gasteiger partial charge in [-0.05, 0) is 37.0 Å². The Morgan fingerprint density at radius 3 is 2.32 bits per heavy atom. The number of hydrogen-bond acceptors (Lipinski definition) is 7. The molecule has 0 unspecified atom stereocenters. The number of imide groups is 2. The van der Waals surface area contributed by atoms with Crippen LogP contribution in [0, 0.1) is 17.8 Å². The van der Waals surface area contributed by atoms with E-state index in [1.54, 1.807) is 24.3 Å². The van der Waals surface area contributed by atoms with Gasteiger partial charge in [0.25, 0.3) is 11.8 Å². The first-order valence-corrected chi connectivity index (χ1v) is 14.5. The van der Waals surface area contributed by atoms with Crippen molar-refractivity contribution in [1.29, 1.82) is 0 Å². The first kappa shape index (κ1) is 27.7. The number of fused-ring (bicyclic) bond motifs is 4. The van der Waals surface area contributed by atoms with Crippen LogP contribution in [0.3, 0.4) is 0 Å². The number of aromatic carboxylic acids is 1. The number of nitrogens with zero attached hydrogens (tertiary/aromatic N) is 2. The van der Waals surface area contributed by atoms with E-state index in [1.165, 1.54) is 12.1 Å². The predicted octanol–water partition coefficient (Wildman–Crippen LogP) is 3.71. The summed E-state index contributed by atoms with van der Waals surface area (Å²) in [5, 5.41) is 30.3. The lowest BCUT2D eigenvalue weighted by Crippen LogP contribution is -2.60. The monoisotopic (exact) mass is 662 g/mol. The fourth-order valence-electron chi connectivity index (χ4n) is 6.92. The van der Waals surface area contributed by atoms with Crippen LogP contribution in [0.15, 0.2) is 54.1 Å². The number of hydrogen-bond donors (Lipinski definition) is 3. The van der Waals surface area contributed by atoms with E-state index in [2.05, 4.69) is 15.9 Å². The molecule has 3 fully saturated rings. The highest BCUT2D eigenvalue weighted by atomic mass is 79.9. The minimum Gasteiger partial charge on any atom is -0.508 e. The number of carbonyl (C=O) groups excluding carboxylic acids is 4. The minimum absolute atomic E-state index is 0.00336. The zero-order valence-corrected chi connectivity index (χ0v) is 24.1. The van der Waals surface area contributed by atoms with Crippen molar-refractivity contribution < 1.29 is 39.3 Å². The summed E-state index contributed by atoms with van der Waals surface area (Å²) >= 11 is 17.4. The van der Waals surface area contributed by atoms with E-state index in [4.69, 9.17) is 23.2 Å². The molecule has 0 radical (unpaired) electrons. The van der Waals surface area contributed by atoms with Crippen molar-refractivity contribution in [3.8, 4) is 11.5 Å². The van der Waals surface area contributed by atoms with Crippen LogP contribution in [0.1, 0.15) is 34.7 Å². The second-order valence-electron chi connectivity index (χ2n) is 10.6. The number of phenolic OH excluding ortho intramolecular Hbond substituents is 1. The summed E-state index contributed by atoms with van der Waals surface area (Å²) in [7, 11) is 0. The molecule has 6 atom stereocenters. The lowest BCUT2D eigenvalue weighted by Gasteiger charge is -2.50. The van der Waals surface area contributed by atoms with Gasteiger partial charge < -0.3 is 15.3 Å². The number of carboxylic acid groups (broad SMARTS) is 1. The van der Waals surface area contributed by atoms with Gasteiger partial charge in [-0.15, -0.1) is 23.2 Å². The molecule has 13 heteroatoms. The van der Waals surface area contributed by atoms with E-state index < -0.39 is 74.3 Å². The molecule has 2 aliphatic heterocycles. The molecule has 10 nitrogen and oxygen atoms in total. The maximum absolute atomic E-state index is 14.0. The molecule has 2 aromatic rings. The SMILES string of the molecule is O=C(O)c1ccc(N2C(=O)[C@H]3[C@H](CC=C4[C@H]3C[C@@]3(Cl)C(=O)N(CBr)C(=O)[C@@]3(Cl)[C@H]4c3ccccc3O)C2=O)cc1O. The van der Waals surface area contributed by atoms with Gasteiger partial charge >= 0.3 is 5.97 Å². The van der Waals surface area contributed by atoms with Crippen LogP contribution < -0.4 is 4.90 Å². The first-order chi connectivity index (χ1) is 19.4. The van der Waals surface area contributed by atoms with Crippen LogP contribution in [0.4, 0.5) is 5.69 Å². The third kappa shape index (κ3) is 3.52. The summed E-state index contributed by atoms with van der Waals surface area (Å²) in [5.74, 6) is -8.57. The highest BCUT2D eigenvalue weighted by Crippen LogP contribution is 2.66. The number of aromatic hydroxyl groups is 2. The summed E-state index contributed by atoms with van der Waals surface area (Å²) in [5.41, 5.74) is 0.204. The standard InChI is InChI=1S/C28H21BrCl2N2O8/c29-11-32-25(40)27(30)10-17-13(21(28(27,31)26(32)41)14-3-1-2-4-18(14)34)7-8-16-20(17)23(37)33(22(16)36)12-5-6-15(24(38)39)19(35)9-12/h1-7,9,16-17,20-21,34-35H,8,10-11H2,(H,38,39)/t16-,17+,20-,21+,27+,28-/m0/s1. The Balaban J connectivity index is 1.49. The number of rotatable bonds is 4. The van der Waals surface area contributed by atoms with Crippen LogP contribution in [0.2, 0.25) is 0 Å². The molecule has 212 valence electrons. The lowest BCUT2D eigenvalue weighted by molar-refractivity contribution is -0.138. The molecule has 0 aromatic heterocycles. The molecule has 2 saturated heterocycles. The molecule has 0 spiro atoms. The molecular formula is C28H21BrCl2N2O8. The Morgan fingerprint density at radius 2 is 1.68 bits per heavy atom. The molecule has 0 bridgehead atoms. The normalized spacial score (nSPS) is 32.5. The van der Waals surface area contributed by atoms with Crippen LogP contribution in [-0.2, 0) is 19.2 Å². The molecule has 2 aromatic carbocycles. The fourth-order valence-corrected chi connectivity index (χ4v) is 8.34. The van der Waals surface area contributed by atoms with E-state index in [9.17, 15) is 39.3 Å². The van der Waals surface area contributed by atoms with Gasteiger partial charge in [0.15, 0.2) is 9.75 Å². The van der Waals surface area contributed by atoms with E-state index in [-0.39, 0.29) is 35.3 Å². The van der Waals surface area contributed by atoms with Crippen molar-refractivity contribution >= 4 is 74.4 Å². The summed E-state index contributed by atoms with van der Waals surface area (Å²) in [4.78, 5) is 64.0. The smallest absolute Gasteiger partial charge is 0.339 e. The summed E-state index contributed by atoms with van der Waals surface area (Å²) in [6.07, 6.45) is 1.62. The van der Waals surface area contributed by atoms with Crippen LogP contribution in [-0.4, -0.2) is 65.0 Å². The summed E-state index contributed by atoms with van der Waals surface area (Å²) in [6, 6.07) is 9.63. The first-order valence-electron chi connectivity index (χ1n) is 12.6. The number of allylic oxidation sites excluding steroid dienone is 2. The van der Waals surface area contributed by atoms with Gasteiger partial charge in [-0.2, -0.15) is 0 Å². The van der Waals surface area contributed by atoms with Gasteiger partial charge in [0.2, 0.25) is 11.8 Å². The number of para-hydroxylation sites is 1. The van der Waals surface area contributed by atoms with Crippen molar-refractivity contribution in [3.63, 3.8) is 0 Å². The Kier molecular flexibility index (Phi) is 6.29. The van der Waals surface area contributed by atoms with Gasteiger partial charge in [0.1, 0.15) is 17.1 Å². The molecule has 41 heavy (non-hydrogen) atoms. The van der Waals surface area contributed by atoms with Crippen LogP contribution >= 0.6 is 39.1 Å². The lowest BCUT2D eigenvalue weighted by atomic mass is 9.56. The number of carbonyl (C=O) groups is 5. The Bertz CT molecular complexity index is 1610. The average molecular weight is 664 g/mol. The highest BCUT2D eigenvalue weighted by molar-refractivity contribution is 9.09. The van der Waals surface area contributed by atoms with Crippen molar-refractivity contribution in [2.75, 3.05) is 10.4 Å². The van der Waals surface area contributed by atoms with E-state index in [0.29, 0.717) is 5.57 Å². The Labute approximate surface area is 251 Å². The van der Waals surface area contributed by atoms with Crippen molar-refractivity contribution in [2.24, 2.45) is 17.8 Å². The number of carboxylic acids is 1. The van der Waals surface area contributed by atoms with E-state index in [1.807, 2.05) is 0 Å². The molecule has 4 aliphatic rings. The van der Waals surface area contributed by atoms with Gasteiger partial charge in [0.05, 0.1) is 23.0 Å². The topological polar surface area (TPSA) is 153 Å². The molecule has 2 heterocycles. The number of amides is 4. The quantitative estimate of drug-likeness (QED) is 0.194. The Morgan fingerprint density at radius 1 is 0.976 bits per heavy atom. The largest absolute Gasteiger partial charge is 0.508 e. The minimum atomic E-state index is -2.03. The van der Waals surface area contributed by atoms with E-state index in [0.717, 1.165) is 21.9 Å².